The van der Waals surface area contributed by atoms with E-state index in [4.69, 9.17) is 0 Å². The van der Waals surface area contributed by atoms with Crippen molar-refractivity contribution in [3.63, 3.8) is 0 Å². The molecule has 0 spiro atoms. The maximum absolute atomic E-state index is 11.2. The average Bonchev–Trinajstić information content (AvgIpc) is 2.43. The van der Waals surface area contributed by atoms with Crippen LogP contribution in [-0.2, 0) is 7.05 Å². The van der Waals surface area contributed by atoms with Crippen molar-refractivity contribution in [2.24, 2.45) is 7.05 Å². The number of rotatable bonds is 1. The summed E-state index contributed by atoms with van der Waals surface area (Å²) >= 11 is 0. The molecule has 4 heteroatoms. The van der Waals surface area contributed by atoms with Gasteiger partial charge in [-0.2, -0.15) is 0 Å². The first kappa shape index (κ1) is 7.79. The van der Waals surface area contributed by atoms with E-state index in [0.29, 0.717) is 16.6 Å². The molecule has 4 nitrogen and oxygen atoms in total. The van der Waals surface area contributed by atoms with Crippen LogP contribution in [0.5, 0.6) is 0 Å². The molecule has 0 saturated carbocycles. The third-order valence-electron chi connectivity index (χ3n) is 2.08. The van der Waals surface area contributed by atoms with Crippen LogP contribution in [0, 0.1) is 0 Å². The van der Waals surface area contributed by atoms with E-state index >= 15 is 0 Å². The topological polar surface area (TPSA) is 54.9 Å². The molecule has 0 aliphatic rings. The Kier molecular flexibility index (Phi) is 1.55. The zero-order valence-corrected chi connectivity index (χ0v) is 7.07. The molecule has 2 aromatic rings. The van der Waals surface area contributed by atoms with E-state index in [9.17, 15) is 9.59 Å². The predicted octanol–water partition coefficient (Wildman–Crippen LogP) is 0.679. The van der Waals surface area contributed by atoms with E-state index in [-0.39, 0.29) is 5.69 Å². The van der Waals surface area contributed by atoms with Crippen LogP contribution in [0.1, 0.15) is 10.4 Å². The molecule has 0 fully saturated rings. The molecule has 0 unspecified atom stereocenters. The molecule has 0 atom stereocenters. The normalized spacial score (nSPS) is 10.5. The molecule has 66 valence electrons. The van der Waals surface area contributed by atoms with Gasteiger partial charge in [0.15, 0.2) is 6.29 Å². The number of nitrogens with zero attached hydrogens (tertiary/aromatic N) is 1. The van der Waals surface area contributed by atoms with E-state index in [1.54, 1.807) is 25.2 Å². The lowest BCUT2D eigenvalue weighted by molar-refractivity contribution is 0.112. The van der Waals surface area contributed by atoms with Crippen molar-refractivity contribution in [1.82, 2.24) is 9.55 Å². The van der Waals surface area contributed by atoms with Gasteiger partial charge in [-0.05, 0) is 12.1 Å². The highest BCUT2D eigenvalue weighted by atomic mass is 16.1. The lowest BCUT2D eigenvalue weighted by atomic mass is 10.2. The molecule has 0 aliphatic carbocycles. The first-order valence-corrected chi connectivity index (χ1v) is 3.87. The molecule has 0 radical (unpaired) electrons. The highest BCUT2D eigenvalue weighted by Gasteiger charge is 2.06. The van der Waals surface area contributed by atoms with E-state index < -0.39 is 0 Å². The summed E-state index contributed by atoms with van der Waals surface area (Å²) in [6.45, 7) is 0. The number of hydrogen-bond donors (Lipinski definition) is 1. The van der Waals surface area contributed by atoms with Gasteiger partial charge in [0.2, 0.25) is 0 Å². The van der Waals surface area contributed by atoms with Gasteiger partial charge in [0.1, 0.15) is 0 Å². The van der Waals surface area contributed by atoms with Gasteiger partial charge >= 0.3 is 5.69 Å². The minimum atomic E-state index is -0.204. The Hall–Kier alpha value is -1.84. The van der Waals surface area contributed by atoms with Crippen molar-refractivity contribution >= 4 is 17.3 Å². The average molecular weight is 176 g/mol. The van der Waals surface area contributed by atoms with Gasteiger partial charge < -0.3 is 4.98 Å². The molecule has 0 amide bonds. The van der Waals surface area contributed by atoms with Crippen molar-refractivity contribution in [2.45, 2.75) is 0 Å². The number of imidazole rings is 1. The number of aromatic amines is 1. The van der Waals surface area contributed by atoms with Crippen LogP contribution >= 0.6 is 0 Å². The van der Waals surface area contributed by atoms with Crippen LogP contribution in [0.15, 0.2) is 23.0 Å². The minimum Gasteiger partial charge on any atom is -0.306 e. The van der Waals surface area contributed by atoms with Gasteiger partial charge in [0, 0.05) is 12.6 Å². The fourth-order valence-electron chi connectivity index (χ4n) is 1.43. The smallest absolute Gasteiger partial charge is 0.306 e. The van der Waals surface area contributed by atoms with Gasteiger partial charge in [-0.3, -0.25) is 9.36 Å². The summed E-state index contributed by atoms with van der Waals surface area (Å²) in [6, 6.07) is 5.19. The third-order valence-corrected chi connectivity index (χ3v) is 2.08. The van der Waals surface area contributed by atoms with Gasteiger partial charge in [-0.15, -0.1) is 0 Å². The number of aryl methyl sites for hydroxylation is 1. The van der Waals surface area contributed by atoms with Crippen molar-refractivity contribution in [3.8, 4) is 0 Å². The Morgan fingerprint density at radius 3 is 2.92 bits per heavy atom. The maximum atomic E-state index is 11.2. The first-order valence-electron chi connectivity index (χ1n) is 3.87. The van der Waals surface area contributed by atoms with Gasteiger partial charge in [0.25, 0.3) is 0 Å². The second-order valence-corrected chi connectivity index (χ2v) is 2.85. The lowest BCUT2D eigenvalue weighted by Crippen LogP contribution is -2.12. The number of para-hydroxylation sites is 1. The second-order valence-electron chi connectivity index (χ2n) is 2.85. The Labute approximate surface area is 73.8 Å². The molecule has 1 N–H and O–H groups in total. The molecular weight excluding hydrogens is 168 g/mol. The second kappa shape index (κ2) is 2.58. The summed E-state index contributed by atoms with van der Waals surface area (Å²) in [5, 5.41) is 0. The molecule has 1 aromatic carbocycles. The summed E-state index contributed by atoms with van der Waals surface area (Å²) in [6.07, 6.45) is 0.746. The molecule has 0 bridgehead atoms. The van der Waals surface area contributed by atoms with Crippen LogP contribution in [-0.4, -0.2) is 15.8 Å². The lowest BCUT2D eigenvalue weighted by Gasteiger charge is -1.95. The van der Waals surface area contributed by atoms with Crippen molar-refractivity contribution in [1.29, 1.82) is 0 Å². The zero-order chi connectivity index (χ0) is 9.42. The van der Waals surface area contributed by atoms with E-state index in [2.05, 4.69) is 4.98 Å². The van der Waals surface area contributed by atoms with Gasteiger partial charge in [0.05, 0.1) is 11.0 Å². The number of H-pyrrole nitrogens is 1. The van der Waals surface area contributed by atoms with E-state index in [1.165, 1.54) is 4.57 Å². The summed E-state index contributed by atoms with van der Waals surface area (Å²) in [4.78, 5) is 24.5. The first-order chi connectivity index (χ1) is 6.24. The summed E-state index contributed by atoms with van der Waals surface area (Å²) in [5.41, 5.74) is 1.67. The molecule has 2 rings (SSSR count). The highest BCUT2D eigenvalue weighted by Crippen LogP contribution is 2.12. The maximum Gasteiger partial charge on any atom is 0.326 e. The van der Waals surface area contributed by atoms with Crippen LogP contribution in [0.3, 0.4) is 0 Å². The van der Waals surface area contributed by atoms with Crippen LogP contribution < -0.4 is 5.69 Å². The van der Waals surface area contributed by atoms with Crippen molar-refractivity contribution in [2.75, 3.05) is 0 Å². The number of aldehydes is 1. The molecule has 1 aromatic heterocycles. The van der Waals surface area contributed by atoms with E-state index in [1.807, 2.05) is 0 Å². The molecule has 1 heterocycles. The monoisotopic (exact) mass is 176 g/mol. The van der Waals surface area contributed by atoms with Crippen molar-refractivity contribution in [3.05, 3.63) is 34.2 Å². The predicted molar refractivity (Wildman–Crippen MR) is 48.9 cm³/mol. The van der Waals surface area contributed by atoms with Crippen LogP contribution in [0.4, 0.5) is 0 Å². The number of nitrogens with one attached hydrogen (secondary N) is 1. The number of benzene rings is 1. The quantitative estimate of drug-likeness (QED) is 0.649. The fourth-order valence-corrected chi connectivity index (χ4v) is 1.43. The zero-order valence-electron chi connectivity index (χ0n) is 7.07. The van der Waals surface area contributed by atoms with Crippen LogP contribution in [0.2, 0.25) is 0 Å². The number of aromatic nitrogens is 2. The summed E-state index contributed by atoms with van der Waals surface area (Å²) in [7, 11) is 1.63. The Morgan fingerprint density at radius 1 is 1.46 bits per heavy atom. The standard InChI is InChI=1S/C9H8N2O2/c1-11-8-6(5-12)3-2-4-7(8)10-9(11)13/h2-5H,1H3,(H,10,13). The number of fused-ring (bicyclic) bond motifs is 1. The molecular formula is C9H8N2O2. The van der Waals surface area contributed by atoms with Gasteiger partial charge in [-0.25, -0.2) is 4.79 Å². The number of carbonyl (C=O) groups is 1. The summed E-state index contributed by atoms with van der Waals surface area (Å²) < 4.78 is 1.43. The summed E-state index contributed by atoms with van der Waals surface area (Å²) in [5.74, 6) is 0. The minimum absolute atomic E-state index is 0.204. The number of hydrogen-bond acceptors (Lipinski definition) is 2. The molecule has 0 saturated heterocycles. The Balaban J connectivity index is 3.03. The fraction of sp³-hybridized carbons (Fsp3) is 0.111. The Bertz CT molecular complexity index is 522. The molecule has 0 aliphatic heterocycles. The number of carbonyl (C=O) groups excluding carboxylic acids is 1. The Morgan fingerprint density at radius 2 is 2.23 bits per heavy atom. The largest absolute Gasteiger partial charge is 0.326 e. The van der Waals surface area contributed by atoms with E-state index in [0.717, 1.165) is 6.29 Å². The molecule has 13 heavy (non-hydrogen) atoms. The van der Waals surface area contributed by atoms with Gasteiger partial charge in [-0.1, -0.05) is 6.07 Å². The third kappa shape index (κ3) is 0.989. The van der Waals surface area contributed by atoms with Crippen molar-refractivity contribution < 1.29 is 4.79 Å². The SMILES string of the molecule is Cn1c(=O)[nH]c2cccc(C=O)c21. The highest BCUT2D eigenvalue weighted by molar-refractivity contribution is 5.94. The van der Waals surface area contributed by atoms with Crippen LogP contribution in [0.25, 0.3) is 11.0 Å².